The van der Waals surface area contributed by atoms with Crippen LogP contribution in [0.25, 0.3) is 11.4 Å². The van der Waals surface area contributed by atoms with E-state index < -0.39 is 12.1 Å². The van der Waals surface area contributed by atoms with Crippen LogP contribution >= 0.6 is 0 Å². The van der Waals surface area contributed by atoms with Crippen molar-refractivity contribution in [3.05, 3.63) is 76.3 Å². The second-order valence-corrected chi connectivity index (χ2v) is 11.3. The summed E-state index contributed by atoms with van der Waals surface area (Å²) in [6, 6.07) is 14.2. The molecule has 3 aromatic rings. The van der Waals surface area contributed by atoms with Crippen LogP contribution in [0.2, 0.25) is 0 Å². The van der Waals surface area contributed by atoms with Crippen LogP contribution < -0.4 is 5.06 Å². The molecule has 1 N–H and O–H groups in total. The molecule has 3 unspecified atom stereocenters. The number of hydrogen-bond acceptors (Lipinski definition) is 7. The molecular formula is C30H34F3N5O4. The zero-order valence-electron chi connectivity index (χ0n) is 23.2. The highest BCUT2D eigenvalue weighted by molar-refractivity contribution is 5.95. The number of amides is 1. The molecule has 9 nitrogen and oxygen atoms in total. The first-order chi connectivity index (χ1) is 20.3. The number of carbonyl (C=O) groups excluding carboxylic acids is 1. The maximum absolute atomic E-state index is 13.8. The topological polar surface area (TPSA) is 99.2 Å². The van der Waals surface area contributed by atoms with Crippen molar-refractivity contribution in [1.82, 2.24) is 19.9 Å². The monoisotopic (exact) mass is 585 g/mol. The summed E-state index contributed by atoms with van der Waals surface area (Å²) in [6.45, 7) is 5.38. The number of benzene rings is 2. The highest BCUT2D eigenvalue weighted by Crippen LogP contribution is 2.39. The Balaban J connectivity index is 1.09. The van der Waals surface area contributed by atoms with E-state index in [-0.39, 0.29) is 35.3 Å². The van der Waals surface area contributed by atoms with Gasteiger partial charge in [-0.05, 0) is 37.9 Å². The first-order valence-electron chi connectivity index (χ1n) is 14.5. The summed E-state index contributed by atoms with van der Waals surface area (Å²) in [5.41, 5.74) is 2.89. The second-order valence-electron chi connectivity index (χ2n) is 11.3. The van der Waals surface area contributed by atoms with Crippen molar-refractivity contribution in [2.75, 3.05) is 45.9 Å². The van der Waals surface area contributed by atoms with Crippen LogP contribution in [-0.2, 0) is 10.9 Å². The molecule has 2 saturated heterocycles. The molecule has 0 spiro atoms. The molecule has 1 amide bonds. The lowest BCUT2D eigenvalue weighted by atomic mass is 9.85. The molecule has 6 rings (SSSR count). The SMILES string of the molecule is O=C(c1cccc(-c2noc(C(F)(F)F)n2)c1)N1CCC(C2c3ccccc3C(CCCN3CCOCC3)[NH+]2[O-])CC1. The van der Waals surface area contributed by atoms with E-state index >= 15 is 0 Å². The van der Waals surface area contributed by atoms with Gasteiger partial charge in [0.25, 0.3) is 5.91 Å². The van der Waals surface area contributed by atoms with Gasteiger partial charge in [0.2, 0.25) is 5.82 Å². The summed E-state index contributed by atoms with van der Waals surface area (Å²) >= 11 is 0. The van der Waals surface area contributed by atoms with E-state index in [9.17, 15) is 23.2 Å². The lowest BCUT2D eigenvalue weighted by molar-refractivity contribution is -0.911. The van der Waals surface area contributed by atoms with Gasteiger partial charge in [-0.3, -0.25) is 9.69 Å². The Morgan fingerprint density at radius 1 is 1.02 bits per heavy atom. The average molecular weight is 586 g/mol. The number of aromatic nitrogens is 2. The fourth-order valence-electron chi connectivity index (χ4n) is 6.63. The van der Waals surface area contributed by atoms with E-state index in [1.165, 1.54) is 12.1 Å². The zero-order chi connectivity index (χ0) is 29.3. The molecule has 3 aliphatic heterocycles. The van der Waals surface area contributed by atoms with E-state index in [0.29, 0.717) is 36.6 Å². The number of rotatable bonds is 7. The largest absolute Gasteiger partial charge is 0.633 e. The average Bonchev–Trinajstić information content (AvgIpc) is 3.62. The smallest absolute Gasteiger partial charge is 0.471 e. The van der Waals surface area contributed by atoms with Gasteiger partial charge in [0.15, 0.2) is 0 Å². The van der Waals surface area contributed by atoms with Gasteiger partial charge in [0.05, 0.1) is 13.2 Å². The number of halogens is 3. The summed E-state index contributed by atoms with van der Waals surface area (Å²) in [5, 5.41) is 17.5. The van der Waals surface area contributed by atoms with E-state index in [2.05, 4.69) is 31.7 Å². The summed E-state index contributed by atoms with van der Waals surface area (Å²) in [6.07, 6.45) is -1.53. The Bertz CT molecular complexity index is 1390. The van der Waals surface area contributed by atoms with Gasteiger partial charge in [-0.25, -0.2) is 0 Å². The molecule has 0 bridgehead atoms. The molecule has 1 aromatic heterocycles. The maximum Gasteiger partial charge on any atom is 0.471 e. The molecule has 42 heavy (non-hydrogen) atoms. The Labute approximate surface area is 241 Å². The minimum absolute atomic E-state index is 0.0855. The van der Waals surface area contributed by atoms with E-state index in [4.69, 9.17) is 4.74 Å². The van der Waals surface area contributed by atoms with Crippen molar-refractivity contribution in [2.45, 2.75) is 43.9 Å². The highest BCUT2D eigenvalue weighted by Gasteiger charge is 2.43. The number of ether oxygens (including phenoxy) is 1. The third-order valence-corrected chi connectivity index (χ3v) is 8.76. The fourth-order valence-corrected chi connectivity index (χ4v) is 6.63. The number of carbonyl (C=O) groups is 1. The van der Waals surface area contributed by atoms with Gasteiger partial charge in [-0.15, -0.1) is 0 Å². The van der Waals surface area contributed by atoms with Crippen LogP contribution in [0.15, 0.2) is 53.1 Å². The number of fused-ring (bicyclic) bond motifs is 1. The second kappa shape index (κ2) is 12.1. The maximum atomic E-state index is 13.8. The van der Waals surface area contributed by atoms with E-state index in [1.807, 2.05) is 12.1 Å². The molecule has 0 radical (unpaired) electrons. The van der Waals surface area contributed by atoms with Crippen molar-refractivity contribution in [2.24, 2.45) is 5.92 Å². The van der Waals surface area contributed by atoms with E-state index in [1.54, 1.807) is 17.0 Å². The van der Waals surface area contributed by atoms with Crippen molar-refractivity contribution in [3.63, 3.8) is 0 Å². The molecule has 0 aliphatic carbocycles. The Hall–Kier alpha value is -3.32. The summed E-state index contributed by atoms with van der Waals surface area (Å²) in [7, 11) is 0. The lowest BCUT2D eigenvalue weighted by Gasteiger charge is -2.39. The van der Waals surface area contributed by atoms with Crippen LogP contribution in [0.3, 0.4) is 0 Å². The third kappa shape index (κ3) is 5.94. The number of hydroxylamine groups is 2. The summed E-state index contributed by atoms with van der Waals surface area (Å²) < 4.78 is 48.4. The predicted molar refractivity (Wildman–Crippen MR) is 146 cm³/mol. The molecule has 3 aliphatic rings. The molecule has 2 fully saturated rings. The molecular weight excluding hydrogens is 551 g/mol. The summed E-state index contributed by atoms with van der Waals surface area (Å²) in [5.74, 6) is -1.72. The zero-order valence-corrected chi connectivity index (χ0v) is 23.2. The third-order valence-electron chi connectivity index (χ3n) is 8.76. The van der Waals surface area contributed by atoms with Gasteiger partial charge in [0.1, 0.15) is 12.1 Å². The van der Waals surface area contributed by atoms with Crippen molar-refractivity contribution in [3.8, 4) is 11.4 Å². The van der Waals surface area contributed by atoms with Gasteiger partial charge >= 0.3 is 12.1 Å². The minimum Gasteiger partial charge on any atom is -0.633 e. The van der Waals surface area contributed by atoms with Crippen molar-refractivity contribution in [1.29, 1.82) is 0 Å². The first kappa shape index (κ1) is 28.8. The van der Waals surface area contributed by atoms with Crippen molar-refractivity contribution < 1.29 is 32.3 Å². The quantitative estimate of drug-likeness (QED) is 0.420. The first-order valence-corrected chi connectivity index (χ1v) is 14.5. The van der Waals surface area contributed by atoms with Gasteiger partial charge in [-0.1, -0.05) is 41.6 Å². The highest BCUT2D eigenvalue weighted by atomic mass is 19.4. The molecule has 2 aromatic carbocycles. The van der Waals surface area contributed by atoms with Gasteiger partial charge in [-0.2, -0.15) is 18.2 Å². The number of nitrogens with zero attached hydrogens (tertiary/aromatic N) is 4. The van der Waals surface area contributed by atoms with Crippen LogP contribution in [0, 0.1) is 11.1 Å². The number of likely N-dealkylation sites (tertiary alicyclic amines) is 1. The summed E-state index contributed by atoms with van der Waals surface area (Å²) in [4.78, 5) is 20.9. The number of nitrogens with one attached hydrogen (secondary N) is 1. The molecule has 224 valence electrons. The number of morpholine rings is 1. The van der Waals surface area contributed by atoms with Crippen LogP contribution in [-0.4, -0.2) is 71.8 Å². The Morgan fingerprint density at radius 3 is 2.48 bits per heavy atom. The Kier molecular flexibility index (Phi) is 8.30. The molecule has 4 heterocycles. The number of alkyl halides is 3. The molecule has 12 heteroatoms. The molecule has 3 atom stereocenters. The predicted octanol–water partition coefficient (Wildman–Crippen LogP) is 3.90. The number of piperidine rings is 1. The fraction of sp³-hybridized carbons (Fsp3) is 0.500. The van der Waals surface area contributed by atoms with Crippen LogP contribution in [0.4, 0.5) is 13.2 Å². The van der Waals surface area contributed by atoms with Crippen molar-refractivity contribution >= 4 is 5.91 Å². The van der Waals surface area contributed by atoms with E-state index in [0.717, 1.165) is 56.8 Å². The lowest BCUT2D eigenvalue weighted by Crippen LogP contribution is -3.06. The molecule has 0 saturated carbocycles. The standard InChI is InChI=1S/C30H34F3N5O4/c31-30(32,33)29-34-27(35-42-29)21-5-3-6-22(19-21)28(39)37-13-10-20(11-14-37)26-24-8-2-1-7-23(24)25(38(26)40)9-4-12-36-15-17-41-18-16-36/h1-3,5-8,19-20,25-26,38H,4,9-18H2. The number of hydrogen-bond donors (Lipinski definition) is 1. The van der Waals surface area contributed by atoms with Gasteiger partial charge in [0, 0.05) is 60.8 Å². The number of quaternary nitrogens is 1. The van der Waals surface area contributed by atoms with Crippen LogP contribution in [0.1, 0.15) is 65.1 Å². The van der Waals surface area contributed by atoms with Gasteiger partial charge < -0.3 is 24.4 Å². The minimum atomic E-state index is -4.74. The Morgan fingerprint density at radius 2 is 1.76 bits per heavy atom. The normalized spacial score (nSPS) is 23.7. The van der Waals surface area contributed by atoms with Crippen LogP contribution in [0.5, 0.6) is 0 Å².